The zero-order valence-corrected chi connectivity index (χ0v) is 13.2. The SMILES string of the molecule is Nc1nc(N/C=C/Cc2ccccc2)nc2nc(-c3ccco3)nn12. The van der Waals surface area contributed by atoms with E-state index in [1.807, 2.05) is 24.3 Å². The number of benzene rings is 1. The van der Waals surface area contributed by atoms with Crippen LogP contribution in [-0.2, 0) is 6.42 Å². The number of nitrogen functional groups attached to an aromatic ring is 1. The van der Waals surface area contributed by atoms with Crippen LogP contribution in [0.15, 0.2) is 65.4 Å². The van der Waals surface area contributed by atoms with Crippen molar-refractivity contribution in [2.45, 2.75) is 6.42 Å². The van der Waals surface area contributed by atoms with Crippen LogP contribution in [0.4, 0.5) is 11.9 Å². The molecule has 0 radical (unpaired) electrons. The third kappa shape index (κ3) is 3.18. The fourth-order valence-electron chi connectivity index (χ4n) is 2.32. The van der Waals surface area contributed by atoms with E-state index in [4.69, 9.17) is 10.2 Å². The molecule has 0 aliphatic rings. The maximum Gasteiger partial charge on any atom is 0.259 e. The molecule has 4 aromatic rings. The summed E-state index contributed by atoms with van der Waals surface area (Å²) in [6, 6.07) is 13.7. The van der Waals surface area contributed by atoms with Gasteiger partial charge < -0.3 is 15.5 Å². The Bertz CT molecular complexity index is 1010. The molecule has 4 rings (SSSR count). The Morgan fingerprint density at radius 3 is 2.76 bits per heavy atom. The van der Waals surface area contributed by atoms with Gasteiger partial charge in [0.05, 0.1) is 6.26 Å². The van der Waals surface area contributed by atoms with Gasteiger partial charge >= 0.3 is 0 Å². The lowest BCUT2D eigenvalue weighted by Gasteiger charge is -2.01. The van der Waals surface area contributed by atoms with Crippen LogP contribution in [0.25, 0.3) is 17.4 Å². The average Bonchev–Trinajstić information content (AvgIpc) is 3.29. The molecule has 3 N–H and O–H groups in total. The molecule has 0 saturated carbocycles. The summed E-state index contributed by atoms with van der Waals surface area (Å²) >= 11 is 0. The molecule has 124 valence electrons. The summed E-state index contributed by atoms with van der Waals surface area (Å²) in [4.78, 5) is 12.8. The average molecular weight is 333 g/mol. The zero-order chi connectivity index (χ0) is 17.1. The van der Waals surface area contributed by atoms with Crippen LogP contribution in [0.1, 0.15) is 5.56 Å². The van der Waals surface area contributed by atoms with Gasteiger partial charge in [-0.05, 0) is 24.1 Å². The Labute approximate surface area is 143 Å². The number of furan rings is 1. The molecule has 8 heteroatoms. The van der Waals surface area contributed by atoms with Gasteiger partial charge in [0.15, 0.2) is 5.76 Å². The number of fused-ring (bicyclic) bond motifs is 1. The van der Waals surface area contributed by atoms with Crippen LogP contribution in [-0.4, -0.2) is 24.6 Å². The standard InChI is InChI=1S/C17H15N7O/c18-15-21-16(19-10-4-8-12-6-2-1-3-7-12)22-17-20-14(23-24(15)17)13-9-5-11-25-13/h1-7,9-11H,8H2,(H3,18,19,20,21,22,23)/b10-4+. The van der Waals surface area contributed by atoms with Crippen LogP contribution < -0.4 is 11.1 Å². The third-order valence-corrected chi connectivity index (χ3v) is 3.50. The van der Waals surface area contributed by atoms with Crippen molar-refractivity contribution in [3.05, 3.63) is 66.6 Å². The van der Waals surface area contributed by atoms with Crippen LogP contribution in [0.2, 0.25) is 0 Å². The van der Waals surface area contributed by atoms with E-state index in [0.717, 1.165) is 6.42 Å². The van der Waals surface area contributed by atoms with Crippen molar-refractivity contribution in [1.82, 2.24) is 24.6 Å². The van der Waals surface area contributed by atoms with Gasteiger partial charge in [-0.15, -0.1) is 5.10 Å². The molecule has 0 amide bonds. The van der Waals surface area contributed by atoms with E-state index in [1.54, 1.807) is 24.6 Å². The molecule has 0 aliphatic heterocycles. The highest BCUT2D eigenvalue weighted by Gasteiger charge is 2.13. The fourth-order valence-corrected chi connectivity index (χ4v) is 2.32. The molecule has 3 heterocycles. The first kappa shape index (κ1) is 14.9. The summed E-state index contributed by atoms with van der Waals surface area (Å²) in [6.07, 6.45) is 6.12. The third-order valence-electron chi connectivity index (χ3n) is 3.50. The first-order valence-electron chi connectivity index (χ1n) is 7.69. The zero-order valence-electron chi connectivity index (χ0n) is 13.2. The smallest absolute Gasteiger partial charge is 0.259 e. The second kappa shape index (κ2) is 6.44. The number of nitrogens with two attached hydrogens (primary N) is 1. The van der Waals surface area contributed by atoms with E-state index in [2.05, 4.69) is 37.5 Å². The van der Waals surface area contributed by atoms with Crippen molar-refractivity contribution in [2.75, 3.05) is 11.1 Å². The van der Waals surface area contributed by atoms with E-state index < -0.39 is 0 Å². The van der Waals surface area contributed by atoms with Gasteiger partial charge in [-0.25, -0.2) is 0 Å². The Kier molecular flexibility index (Phi) is 3.83. The number of allylic oxidation sites excluding steroid dienone is 1. The van der Waals surface area contributed by atoms with E-state index in [-0.39, 0.29) is 5.95 Å². The second-order valence-corrected chi connectivity index (χ2v) is 5.27. The molecule has 3 aromatic heterocycles. The van der Waals surface area contributed by atoms with E-state index in [1.165, 1.54) is 10.1 Å². The maximum atomic E-state index is 5.93. The fraction of sp³-hybridized carbons (Fsp3) is 0.0588. The molecular weight excluding hydrogens is 318 g/mol. The minimum Gasteiger partial charge on any atom is -0.461 e. The Morgan fingerprint density at radius 2 is 1.96 bits per heavy atom. The maximum absolute atomic E-state index is 5.93. The van der Waals surface area contributed by atoms with E-state index in [0.29, 0.717) is 23.3 Å². The summed E-state index contributed by atoms with van der Waals surface area (Å²) in [5.41, 5.74) is 7.15. The van der Waals surface area contributed by atoms with Crippen molar-refractivity contribution < 1.29 is 4.42 Å². The molecule has 0 bridgehead atoms. The molecule has 0 spiro atoms. The largest absolute Gasteiger partial charge is 0.461 e. The molecule has 1 aromatic carbocycles. The van der Waals surface area contributed by atoms with Crippen LogP contribution in [0, 0.1) is 0 Å². The number of hydrogen-bond donors (Lipinski definition) is 2. The van der Waals surface area contributed by atoms with Crippen LogP contribution in [0.3, 0.4) is 0 Å². The number of nitrogens with zero attached hydrogens (tertiary/aromatic N) is 5. The van der Waals surface area contributed by atoms with Gasteiger partial charge in [-0.1, -0.05) is 36.4 Å². The minimum atomic E-state index is 0.189. The lowest BCUT2D eigenvalue weighted by Crippen LogP contribution is -2.07. The van der Waals surface area contributed by atoms with Crippen molar-refractivity contribution in [2.24, 2.45) is 0 Å². The van der Waals surface area contributed by atoms with Gasteiger partial charge in [-0.2, -0.15) is 19.5 Å². The van der Waals surface area contributed by atoms with Crippen molar-refractivity contribution in [1.29, 1.82) is 0 Å². The molecule has 0 unspecified atom stereocenters. The van der Waals surface area contributed by atoms with Gasteiger partial charge in [0.2, 0.25) is 17.7 Å². The van der Waals surface area contributed by atoms with Gasteiger partial charge in [-0.3, -0.25) is 0 Å². The summed E-state index contributed by atoms with van der Waals surface area (Å²) < 4.78 is 6.66. The van der Waals surface area contributed by atoms with Gasteiger partial charge in [0.25, 0.3) is 5.78 Å². The topological polar surface area (TPSA) is 107 Å². The number of hydrogen-bond acceptors (Lipinski definition) is 7. The Balaban J connectivity index is 1.52. The highest BCUT2D eigenvalue weighted by Crippen LogP contribution is 2.17. The highest BCUT2D eigenvalue weighted by molar-refractivity contribution is 5.52. The Hall–Kier alpha value is -3.68. The first-order chi connectivity index (χ1) is 12.3. The molecule has 0 fully saturated rings. The molecule has 0 atom stereocenters. The van der Waals surface area contributed by atoms with Gasteiger partial charge in [0.1, 0.15) is 0 Å². The molecule has 0 saturated heterocycles. The van der Waals surface area contributed by atoms with Crippen LogP contribution in [0.5, 0.6) is 0 Å². The lowest BCUT2D eigenvalue weighted by molar-refractivity contribution is 0.577. The number of nitrogens with one attached hydrogen (secondary N) is 1. The first-order valence-corrected chi connectivity index (χ1v) is 7.69. The lowest BCUT2D eigenvalue weighted by atomic mass is 10.1. The summed E-state index contributed by atoms with van der Waals surface area (Å²) in [5.74, 6) is 1.84. The monoisotopic (exact) mass is 333 g/mol. The van der Waals surface area contributed by atoms with Crippen molar-refractivity contribution in [3.8, 4) is 11.6 Å². The van der Waals surface area contributed by atoms with E-state index >= 15 is 0 Å². The molecule has 25 heavy (non-hydrogen) atoms. The number of rotatable bonds is 5. The predicted octanol–water partition coefficient (Wildman–Crippen LogP) is 2.53. The normalized spacial score (nSPS) is 11.4. The highest BCUT2D eigenvalue weighted by atomic mass is 16.3. The number of aromatic nitrogens is 5. The molecule has 0 aliphatic carbocycles. The summed E-state index contributed by atoms with van der Waals surface area (Å²) in [7, 11) is 0. The van der Waals surface area contributed by atoms with Crippen LogP contribution >= 0.6 is 0 Å². The summed E-state index contributed by atoms with van der Waals surface area (Å²) in [6.45, 7) is 0. The predicted molar refractivity (Wildman–Crippen MR) is 93.6 cm³/mol. The number of anilines is 2. The summed E-state index contributed by atoms with van der Waals surface area (Å²) in [5, 5.41) is 7.25. The molecule has 8 nitrogen and oxygen atoms in total. The Morgan fingerprint density at radius 1 is 1.08 bits per heavy atom. The van der Waals surface area contributed by atoms with Gasteiger partial charge in [0, 0.05) is 6.20 Å². The quantitative estimate of drug-likeness (QED) is 0.578. The van der Waals surface area contributed by atoms with E-state index in [9.17, 15) is 0 Å². The van der Waals surface area contributed by atoms with Crippen molar-refractivity contribution in [3.63, 3.8) is 0 Å². The molecular formula is C17H15N7O. The minimum absolute atomic E-state index is 0.189. The second-order valence-electron chi connectivity index (χ2n) is 5.27. The van der Waals surface area contributed by atoms with Crippen molar-refractivity contribution >= 4 is 17.7 Å².